The Morgan fingerprint density at radius 1 is 1.53 bits per heavy atom. The zero-order valence-corrected chi connectivity index (χ0v) is 8.86. The molecule has 2 aromatic heterocycles. The Kier molecular flexibility index (Phi) is 1.88. The second-order valence-corrected chi connectivity index (χ2v) is 3.63. The van der Waals surface area contributed by atoms with Crippen LogP contribution in [-0.2, 0) is 0 Å². The van der Waals surface area contributed by atoms with Crippen LogP contribution >= 0.6 is 0 Å². The number of imidazole rings is 1. The highest BCUT2D eigenvalue weighted by molar-refractivity contribution is 5.87. The molecule has 17 heavy (non-hydrogen) atoms. The van der Waals surface area contributed by atoms with E-state index in [1.54, 1.807) is 17.7 Å². The van der Waals surface area contributed by atoms with Crippen LogP contribution < -0.4 is 4.74 Å². The van der Waals surface area contributed by atoms with Gasteiger partial charge in [0.1, 0.15) is 24.4 Å². The minimum absolute atomic E-state index is 0.00740. The zero-order chi connectivity index (χ0) is 12.0. The monoisotopic (exact) mass is 232 g/mol. The molecule has 3 rings (SSSR count). The Morgan fingerprint density at radius 3 is 3.12 bits per heavy atom. The number of hydrogen-bond donors (Lipinski definition) is 1. The fourth-order valence-corrected chi connectivity index (χ4v) is 1.89. The molecular weight excluding hydrogens is 224 g/mol. The van der Waals surface area contributed by atoms with Crippen molar-refractivity contribution in [1.29, 1.82) is 0 Å². The van der Waals surface area contributed by atoms with E-state index in [9.17, 15) is 4.79 Å². The van der Waals surface area contributed by atoms with Crippen molar-refractivity contribution in [2.45, 2.75) is 13.0 Å². The molecular formula is C10H8N4O3. The van der Waals surface area contributed by atoms with Gasteiger partial charge in [0.15, 0.2) is 5.69 Å². The lowest BCUT2D eigenvalue weighted by atomic mass is 10.2. The molecule has 2 aromatic rings. The molecule has 0 aromatic carbocycles. The summed E-state index contributed by atoms with van der Waals surface area (Å²) < 4.78 is 7.18. The topological polar surface area (TPSA) is 90.1 Å². The predicted molar refractivity (Wildman–Crippen MR) is 55.2 cm³/mol. The van der Waals surface area contributed by atoms with Crippen LogP contribution in [0.3, 0.4) is 0 Å². The Labute approximate surface area is 95.7 Å². The molecule has 1 unspecified atom stereocenters. The van der Waals surface area contributed by atoms with Crippen molar-refractivity contribution in [2.75, 3.05) is 0 Å². The summed E-state index contributed by atoms with van der Waals surface area (Å²) in [6.07, 6.45) is 3.97. The molecule has 1 aliphatic rings. The Morgan fingerprint density at radius 2 is 2.35 bits per heavy atom. The number of hydrogen-bond acceptors (Lipinski definition) is 5. The molecule has 7 heteroatoms. The maximum absolute atomic E-state index is 11.0. The maximum atomic E-state index is 11.0. The van der Waals surface area contributed by atoms with E-state index in [2.05, 4.69) is 15.0 Å². The lowest BCUT2D eigenvalue weighted by Gasteiger charge is -2.23. The Hall–Kier alpha value is -2.44. The highest BCUT2D eigenvalue weighted by Crippen LogP contribution is 2.34. The van der Waals surface area contributed by atoms with E-state index in [1.807, 2.05) is 0 Å². The lowest BCUT2D eigenvalue weighted by molar-refractivity contribution is 0.0684. The van der Waals surface area contributed by atoms with E-state index >= 15 is 0 Å². The van der Waals surface area contributed by atoms with Crippen molar-refractivity contribution in [3.8, 4) is 11.6 Å². The molecule has 1 N–H and O–H groups in total. The molecule has 0 fully saturated rings. The van der Waals surface area contributed by atoms with Crippen molar-refractivity contribution in [2.24, 2.45) is 0 Å². The lowest BCUT2D eigenvalue weighted by Crippen LogP contribution is -2.20. The number of fused-ring (bicyclic) bond motifs is 3. The van der Waals surface area contributed by atoms with Crippen molar-refractivity contribution in [3.63, 3.8) is 0 Å². The smallest absolute Gasteiger partial charge is 0.356 e. The van der Waals surface area contributed by atoms with Gasteiger partial charge in [-0.25, -0.2) is 14.8 Å². The minimum atomic E-state index is -1.07. The second kappa shape index (κ2) is 3.27. The van der Waals surface area contributed by atoms with Gasteiger partial charge in [-0.05, 0) is 6.92 Å². The van der Waals surface area contributed by atoms with E-state index in [0.29, 0.717) is 17.3 Å². The number of rotatable bonds is 1. The fourth-order valence-electron chi connectivity index (χ4n) is 1.89. The highest BCUT2D eigenvalue weighted by atomic mass is 16.5. The van der Waals surface area contributed by atoms with E-state index in [0.717, 1.165) is 0 Å². The van der Waals surface area contributed by atoms with Crippen LogP contribution in [0, 0.1) is 0 Å². The van der Waals surface area contributed by atoms with Gasteiger partial charge in [-0.1, -0.05) is 0 Å². The van der Waals surface area contributed by atoms with Crippen LogP contribution in [0.1, 0.15) is 29.2 Å². The molecule has 0 aliphatic carbocycles. The third-order valence-electron chi connectivity index (χ3n) is 2.60. The first-order valence-corrected chi connectivity index (χ1v) is 4.96. The summed E-state index contributed by atoms with van der Waals surface area (Å²) in [7, 11) is 0. The standard InChI is InChI=1S/C10H8N4O3/c1-5-8-7(10(15)16)13-4-14(8)6-2-11-3-12-9(6)17-5/h2-5H,1H3,(H,15,16). The number of carboxylic acids is 1. The van der Waals surface area contributed by atoms with Gasteiger partial charge < -0.3 is 9.84 Å². The molecule has 0 spiro atoms. The zero-order valence-electron chi connectivity index (χ0n) is 8.86. The molecule has 0 saturated carbocycles. The van der Waals surface area contributed by atoms with E-state index < -0.39 is 12.1 Å². The third kappa shape index (κ3) is 1.28. The number of carboxylic acid groups (broad SMARTS) is 1. The van der Waals surface area contributed by atoms with Gasteiger partial charge in [-0.2, -0.15) is 4.98 Å². The normalized spacial score (nSPS) is 16.9. The molecule has 0 saturated heterocycles. The van der Waals surface area contributed by atoms with Crippen LogP contribution in [0.2, 0.25) is 0 Å². The van der Waals surface area contributed by atoms with Gasteiger partial charge in [-0.3, -0.25) is 4.57 Å². The van der Waals surface area contributed by atoms with E-state index in [-0.39, 0.29) is 5.69 Å². The van der Waals surface area contributed by atoms with Crippen LogP contribution in [0.25, 0.3) is 5.69 Å². The summed E-state index contributed by atoms with van der Waals surface area (Å²) in [6.45, 7) is 1.75. The molecule has 0 amide bonds. The van der Waals surface area contributed by atoms with Crippen molar-refractivity contribution >= 4 is 5.97 Å². The second-order valence-electron chi connectivity index (χ2n) is 3.63. The van der Waals surface area contributed by atoms with Gasteiger partial charge in [0.25, 0.3) is 0 Å². The minimum Gasteiger partial charge on any atom is -0.476 e. The fraction of sp³-hybridized carbons (Fsp3) is 0.200. The van der Waals surface area contributed by atoms with Crippen LogP contribution in [0.4, 0.5) is 0 Å². The van der Waals surface area contributed by atoms with Gasteiger partial charge in [-0.15, -0.1) is 0 Å². The SMILES string of the molecule is CC1Oc2ncncc2-n2cnc(C(=O)O)c21. The first-order valence-electron chi connectivity index (χ1n) is 4.96. The number of nitrogens with zero attached hydrogens (tertiary/aromatic N) is 4. The summed E-state index contributed by atoms with van der Waals surface area (Å²) in [4.78, 5) is 22.8. The molecule has 3 heterocycles. The summed E-state index contributed by atoms with van der Waals surface area (Å²) >= 11 is 0. The third-order valence-corrected chi connectivity index (χ3v) is 2.60. The summed E-state index contributed by atoms with van der Waals surface area (Å²) in [5, 5.41) is 9.03. The summed E-state index contributed by atoms with van der Waals surface area (Å²) in [6, 6.07) is 0. The molecule has 1 aliphatic heterocycles. The summed E-state index contributed by atoms with van der Waals surface area (Å²) in [5.74, 6) is -0.649. The van der Waals surface area contributed by atoms with Crippen molar-refractivity contribution in [3.05, 3.63) is 30.2 Å². The van der Waals surface area contributed by atoms with Gasteiger partial charge in [0.2, 0.25) is 5.88 Å². The Bertz CT molecular complexity index is 607. The quantitative estimate of drug-likeness (QED) is 0.782. The van der Waals surface area contributed by atoms with Crippen LogP contribution in [0.15, 0.2) is 18.9 Å². The van der Waals surface area contributed by atoms with Gasteiger partial charge in [0, 0.05) is 0 Å². The van der Waals surface area contributed by atoms with E-state index in [1.165, 1.54) is 12.7 Å². The van der Waals surface area contributed by atoms with Crippen LogP contribution in [-0.4, -0.2) is 30.6 Å². The maximum Gasteiger partial charge on any atom is 0.356 e. The van der Waals surface area contributed by atoms with Crippen molar-refractivity contribution < 1.29 is 14.6 Å². The molecule has 86 valence electrons. The van der Waals surface area contributed by atoms with Gasteiger partial charge in [0.05, 0.1) is 11.9 Å². The molecule has 0 radical (unpaired) electrons. The van der Waals surface area contributed by atoms with Crippen molar-refractivity contribution in [1.82, 2.24) is 19.5 Å². The first kappa shape index (κ1) is 9.76. The molecule has 0 bridgehead atoms. The number of carbonyl (C=O) groups is 1. The highest BCUT2D eigenvalue weighted by Gasteiger charge is 2.30. The van der Waals surface area contributed by atoms with E-state index in [4.69, 9.17) is 9.84 Å². The largest absolute Gasteiger partial charge is 0.476 e. The van der Waals surface area contributed by atoms with Crippen LogP contribution in [0.5, 0.6) is 5.88 Å². The average Bonchev–Trinajstić information content (AvgIpc) is 2.74. The average molecular weight is 232 g/mol. The summed E-state index contributed by atoms with van der Waals surface area (Å²) in [5.41, 5.74) is 1.09. The Balaban J connectivity index is 2.27. The van der Waals surface area contributed by atoms with Gasteiger partial charge >= 0.3 is 5.97 Å². The number of ether oxygens (including phenoxy) is 1. The molecule has 7 nitrogen and oxygen atoms in total. The first-order chi connectivity index (χ1) is 8.18. The molecule has 1 atom stereocenters. The number of aromatic carboxylic acids is 1. The number of aromatic nitrogens is 4. The predicted octanol–water partition coefficient (Wildman–Crippen LogP) is 0.814.